The maximum absolute atomic E-state index is 12.0. The van der Waals surface area contributed by atoms with Gasteiger partial charge in [-0.2, -0.15) is 0 Å². The minimum absolute atomic E-state index is 0.0825. The molecule has 0 radical (unpaired) electrons. The lowest BCUT2D eigenvalue weighted by Crippen LogP contribution is -2.37. The van der Waals surface area contributed by atoms with E-state index in [9.17, 15) is 4.79 Å². The van der Waals surface area contributed by atoms with Gasteiger partial charge in [-0.05, 0) is 31.0 Å². The Morgan fingerprint density at radius 1 is 1.40 bits per heavy atom. The summed E-state index contributed by atoms with van der Waals surface area (Å²) in [6.45, 7) is 7.72. The molecule has 4 heteroatoms. The number of rotatable bonds is 4. The van der Waals surface area contributed by atoms with Crippen molar-refractivity contribution in [1.29, 1.82) is 0 Å². The molecule has 0 unspecified atom stereocenters. The molecule has 1 aromatic carbocycles. The molecule has 1 aliphatic rings. The SMILES string of the molecule is CC(C)C(=O)N1CC[C@H](N[C@H](C)c2cccc(Cl)c2)C1. The standard InChI is InChI=1S/C16H23ClN2O/c1-11(2)16(20)19-8-7-15(10-19)18-12(3)13-5-4-6-14(17)9-13/h4-6,9,11-12,15,18H,7-8,10H2,1-3H3/t12-,15+/m1/s1. The van der Waals surface area contributed by atoms with Crippen molar-refractivity contribution in [2.24, 2.45) is 5.92 Å². The highest BCUT2D eigenvalue weighted by Crippen LogP contribution is 2.20. The summed E-state index contributed by atoms with van der Waals surface area (Å²) < 4.78 is 0. The van der Waals surface area contributed by atoms with Gasteiger partial charge in [-0.15, -0.1) is 0 Å². The second kappa shape index (κ2) is 6.59. The molecule has 1 saturated heterocycles. The molecule has 1 fully saturated rings. The predicted molar refractivity (Wildman–Crippen MR) is 82.8 cm³/mol. The molecule has 2 rings (SSSR count). The van der Waals surface area contributed by atoms with Crippen molar-refractivity contribution < 1.29 is 4.79 Å². The van der Waals surface area contributed by atoms with Crippen LogP contribution < -0.4 is 5.32 Å². The minimum Gasteiger partial charge on any atom is -0.341 e. The molecular weight excluding hydrogens is 272 g/mol. The van der Waals surface area contributed by atoms with Gasteiger partial charge in [-0.1, -0.05) is 37.6 Å². The Labute approximate surface area is 126 Å². The van der Waals surface area contributed by atoms with Crippen molar-refractivity contribution in [2.45, 2.75) is 39.3 Å². The highest BCUT2D eigenvalue weighted by atomic mass is 35.5. The Bertz CT molecular complexity index is 475. The van der Waals surface area contributed by atoms with Crippen LogP contribution in [0.2, 0.25) is 5.02 Å². The van der Waals surface area contributed by atoms with Crippen molar-refractivity contribution in [2.75, 3.05) is 13.1 Å². The monoisotopic (exact) mass is 294 g/mol. The first-order valence-corrected chi connectivity index (χ1v) is 7.65. The third-order valence-corrected chi connectivity index (χ3v) is 4.06. The van der Waals surface area contributed by atoms with E-state index in [1.807, 2.05) is 36.9 Å². The van der Waals surface area contributed by atoms with Crippen LogP contribution in [0.1, 0.15) is 38.8 Å². The second-order valence-electron chi connectivity index (χ2n) is 5.87. The van der Waals surface area contributed by atoms with Gasteiger partial charge in [0.05, 0.1) is 0 Å². The summed E-state index contributed by atoms with van der Waals surface area (Å²) in [7, 11) is 0. The molecule has 1 heterocycles. The molecule has 0 spiro atoms. The predicted octanol–water partition coefficient (Wildman–Crippen LogP) is 3.25. The molecule has 110 valence electrons. The number of halogens is 1. The van der Waals surface area contributed by atoms with E-state index in [0.717, 1.165) is 24.5 Å². The molecule has 2 atom stereocenters. The van der Waals surface area contributed by atoms with Crippen molar-refractivity contribution in [3.63, 3.8) is 0 Å². The molecule has 3 nitrogen and oxygen atoms in total. The zero-order chi connectivity index (χ0) is 14.7. The lowest BCUT2D eigenvalue weighted by molar-refractivity contribution is -0.133. The highest BCUT2D eigenvalue weighted by Gasteiger charge is 2.28. The second-order valence-corrected chi connectivity index (χ2v) is 6.30. The van der Waals surface area contributed by atoms with Gasteiger partial charge in [0, 0.05) is 36.1 Å². The lowest BCUT2D eigenvalue weighted by Gasteiger charge is -2.22. The van der Waals surface area contributed by atoms with E-state index < -0.39 is 0 Å². The number of carbonyl (C=O) groups is 1. The number of amides is 1. The van der Waals surface area contributed by atoms with Crippen LogP contribution in [0.4, 0.5) is 0 Å². The fourth-order valence-electron chi connectivity index (χ4n) is 2.69. The van der Waals surface area contributed by atoms with Gasteiger partial charge in [0.2, 0.25) is 5.91 Å². The average Bonchev–Trinajstić information content (AvgIpc) is 2.86. The van der Waals surface area contributed by atoms with Crippen molar-refractivity contribution in [3.05, 3.63) is 34.9 Å². The summed E-state index contributed by atoms with van der Waals surface area (Å²) in [4.78, 5) is 13.9. The zero-order valence-corrected chi connectivity index (χ0v) is 13.2. The Hall–Kier alpha value is -1.06. The fraction of sp³-hybridized carbons (Fsp3) is 0.562. The molecule has 0 aliphatic carbocycles. The molecule has 0 saturated carbocycles. The van der Waals surface area contributed by atoms with Crippen molar-refractivity contribution in [1.82, 2.24) is 10.2 Å². The molecule has 0 aromatic heterocycles. The van der Waals surface area contributed by atoms with Crippen molar-refractivity contribution >= 4 is 17.5 Å². The summed E-state index contributed by atoms with van der Waals surface area (Å²) in [5.74, 6) is 0.337. The first-order valence-electron chi connectivity index (χ1n) is 7.27. The largest absolute Gasteiger partial charge is 0.341 e. The molecule has 20 heavy (non-hydrogen) atoms. The Morgan fingerprint density at radius 3 is 2.80 bits per heavy atom. The molecule has 1 amide bonds. The minimum atomic E-state index is 0.0825. The number of nitrogens with one attached hydrogen (secondary N) is 1. The third-order valence-electron chi connectivity index (χ3n) is 3.83. The van der Waals surface area contributed by atoms with Crippen LogP contribution in [0.3, 0.4) is 0 Å². The molecule has 1 N–H and O–H groups in total. The van der Waals surface area contributed by atoms with E-state index in [4.69, 9.17) is 11.6 Å². The first-order chi connectivity index (χ1) is 9.47. The van der Waals surface area contributed by atoms with Crippen LogP contribution >= 0.6 is 11.6 Å². The van der Waals surface area contributed by atoms with E-state index >= 15 is 0 Å². The Balaban J connectivity index is 1.90. The summed E-state index contributed by atoms with van der Waals surface area (Å²) in [5, 5.41) is 4.36. The normalized spacial score (nSPS) is 20.4. The lowest BCUT2D eigenvalue weighted by atomic mass is 10.1. The summed E-state index contributed by atoms with van der Waals surface area (Å²) in [5.41, 5.74) is 1.19. The van der Waals surface area contributed by atoms with Gasteiger partial charge >= 0.3 is 0 Å². The van der Waals surface area contributed by atoms with Gasteiger partial charge in [-0.25, -0.2) is 0 Å². The number of likely N-dealkylation sites (tertiary alicyclic amines) is 1. The van der Waals surface area contributed by atoms with Crippen LogP contribution in [0.15, 0.2) is 24.3 Å². The van der Waals surface area contributed by atoms with Gasteiger partial charge < -0.3 is 10.2 Å². The maximum Gasteiger partial charge on any atom is 0.225 e. The van der Waals surface area contributed by atoms with E-state index in [-0.39, 0.29) is 17.9 Å². The van der Waals surface area contributed by atoms with Crippen molar-refractivity contribution in [3.8, 4) is 0 Å². The van der Waals surface area contributed by atoms with Crippen LogP contribution in [-0.4, -0.2) is 29.9 Å². The number of benzene rings is 1. The van der Waals surface area contributed by atoms with Gasteiger partial charge in [-0.3, -0.25) is 4.79 Å². The van der Waals surface area contributed by atoms with E-state index in [0.29, 0.717) is 6.04 Å². The van der Waals surface area contributed by atoms with E-state index in [1.54, 1.807) is 0 Å². The topological polar surface area (TPSA) is 32.3 Å². The van der Waals surface area contributed by atoms with E-state index in [2.05, 4.69) is 18.3 Å². The molecule has 1 aromatic rings. The average molecular weight is 295 g/mol. The maximum atomic E-state index is 12.0. The van der Waals surface area contributed by atoms with Gasteiger partial charge in [0.15, 0.2) is 0 Å². The van der Waals surface area contributed by atoms with Gasteiger partial charge in [0.25, 0.3) is 0 Å². The van der Waals surface area contributed by atoms with E-state index in [1.165, 1.54) is 5.56 Å². The van der Waals surface area contributed by atoms with Crippen LogP contribution in [0.25, 0.3) is 0 Å². The first kappa shape index (κ1) is 15.3. The number of hydrogen-bond donors (Lipinski definition) is 1. The Kier molecular flexibility index (Phi) is 5.06. The summed E-state index contributed by atoms with van der Waals surface area (Å²) in [6, 6.07) is 8.54. The van der Waals surface area contributed by atoms with Crippen LogP contribution in [-0.2, 0) is 4.79 Å². The summed E-state index contributed by atoms with van der Waals surface area (Å²) >= 11 is 6.02. The van der Waals surface area contributed by atoms with Crippen LogP contribution in [0.5, 0.6) is 0 Å². The molecular formula is C16H23ClN2O. The number of carbonyl (C=O) groups excluding carboxylic acids is 1. The summed E-state index contributed by atoms with van der Waals surface area (Å²) in [6.07, 6.45) is 1.02. The highest BCUT2D eigenvalue weighted by molar-refractivity contribution is 6.30. The van der Waals surface area contributed by atoms with Crippen LogP contribution in [0, 0.1) is 5.92 Å². The molecule has 0 bridgehead atoms. The quantitative estimate of drug-likeness (QED) is 0.924. The third kappa shape index (κ3) is 3.74. The fourth-order valence-corrected chi connectivity index (χ4v) is 2.89. The number of nitrogens with zero attached hydrogens (tertiary/aromatic N) is 1. The Morgan fingerprint density at radius 2 is 2.15 bits per heavy atom. The number of hydrogen-bond acceptors (Lipinski definition) is 2. The zero-order valence-electron chi connectivity index (χ0n) is 12.4. The smallest absolute Gasteiger partial charge is 0.225 e. The van der Waals surface area contributed by atoms with Gasteiger partial charge in [0.1, 0.15) is 0 Å². The molecule has 1 aliphatic heterocycles.